The molecular weight excluding hydrogens is 352 g/mol. The van der Waals surface area contributed by atoms with Gasteiger partial charge < -0.3 is 11.1 Å². The lowest BCUT2D eigenvalue weighted by atomic mass is 10.2. The number of rotatable bonds is 5. The van der Waals surface area contributed by atoms with Crippen molar-refractivity contribution in [2.24, 2.45) is 11.7 Å². The Morgan fingerprint density at radius 3 is 2.75 bits per heavy atom. The minimum absolute atomic E-state index is 0. The molecule has 1 heterocycles. The molecule has 1 aromatic heterocycles. The molecule has 0 saturated heterocycles. The van der Waals surface area contributed by atoms with Crippen LogP contribution in [0, 0.1) is 5.92 Å². The first-order valence-electron chi connectivity index (χ1n) is 6.00. The van der Waals surface area contributed by atoms with Gasteiger partial charge in [0.2, 0.25) is 5.91 Å². The summed E-state index contributed by atoms with van der Waals surface area (Å²) >= 11 is 3.01. The van der Waals surface area contributed by atoms with Crippen LogP contribution in [-0.2, 0) is 11.3 Å². The fourth-order valence-corrected chi connectivity index (χ4v) is 2.22. The molecule has 0 aromatic carbocycles. The van der Waals surface area contributed by atoms with Crippen molar-refractivity contribution in [2.75, 3.05) is 6.54 Å². The number of halogens is 2. The third-order valence-corrected chi connectivity index (χ3v) is 3.64. The lowest BCUT2D eigenvalue weighted by Gasteiger charge is -2.16. The summed E-state index contributed by atoms with van der Waals surface area (Å²) in [6, 6.07) is -0.0330. The highest BCUT2D eigenvalue weighted by molar-refractivity contribution is 9.10. The Morgan fingerprint density at radius 2 is 2.20 bits per heavy atom. The van der Waals surface area contributed by atoms with Gasteiger partial charge in [0, 0.05) is 18.8 Å². The minimum Gasteiger partial charge on any atom is -0.350 e. The molecule has 1 saturated carbocycles. The lowest BCUT2D eigenvalue weighted by molar-refractivity contribution is -0.122. The van der Waals surface area contributed by atoms with Crippen molar-refractivity contribution >= 4 is 34.2 Å². The molecule has 20 heavy (non-hydrogen) atoms. The number of nitrogens with two attached hydrogens (primary N) is 1. The second-order valence-electron chi connectivity index (χ2n) is 4.61. The molecule has 0 radical (unpaired) electrons. The van der Waals surface area contributed by atoms with Crippen molar-refractivity contribution in [1.29, 1.82) is 0 Å². The Morgan fingerprint density at radius 1 is 1.55 bits per heavy atom. The molecule has 1 aliphatic rings. The molecular formula is C11H16BrClN4O3. The SMILES string of the molecule is Cl.NCC(NC(=O)Cn1cc(Br)c(=O)[nH]c1=O)C1CC1. The second kappa shape index (κ2) is 7.05. The van der Waals surface area contributed by atoms with Crippen molar-refractivity contribution in [3.63, 3.8) is 0 Å². The average Bonchev–Trinajstić information content (AvgIpc) is 3.17. The number of amides is 1. The number of hydrogen-bond acceptors (Lipinski definition) is 4. The van der Waals surface area contributed by atoms with Crippen molar-refractivity contribution in [1.82, 2.24) is 14.9 Å². The van der Waals surface area contributed by atoms with Gasteiger partial charge in [0.25, 0.3) is 5.56 Å². The summed E-state index contributed by atoms with van der Waals surface area (Å²) in [5, 5.41) is 2.81. The molecule has 1 atom stereocenters. The van der Waals surface area contributed by atoms with E-state index in [1.807, 2.05) is 0 Å². The molecule has 2 rings (SSSR count). The van der Waals surface area contributed by atoms with E-state index in [-0.39, 0.29) is 35.4 Å². The van der Waals surface area contributed by atoms with Crippen LogP contribution < -0.4 is 22.3 Å². The third kappa shape index (κ3) is 4.19. The lowest BCUT2D eigenvalue weighted by Crippen LogP contribution is -2.44. The van der Waals surface area contributed by atoms with E-state index in [1.54, 1.807) is 0 Å². The highest BCUT2D eigenvalue weighted by Crippen LogP contribution is 2.32. The number of H-pyrrole nitrogens is 1. The molecule has 1 fully saturated rings. The van der Waals surface area contributed by atoms with E-state index < -0.39 is 11.2 Å². The van der Waals surface area contributed by atoms with E-state index in [4.69, 9.17) is 5.73 Å². The summed E-state index contributed by atoms with van der Waals surface area (Å²) in [5.74, 6) is 0.163. The molecule has 0 bridgehead atoms. The topological polar surface area (TPSA) is 110 Å². The monoisotopic (exact) mass is 366 g/mol. The van der Waals surface area contributed by atoms with Gasteiger partial charge in [-0.15, -0.1) is 12.4 Å². The largest absolute Gasteiger partial charge is 0.350 e. The Bertz CT molecular complexity index is 596. The van der Waals surface area contributed by atoms with Crippen molar-refractivity contribution in [3.05, 3.63) is 31.5 Å². The van der Waals surface area contributed by atoms with Gasteiger partial charge in [0.15, 0.2) is 0 Å². The summed E-state index contributed by atoms with van der Waals surface area (Å²) in [6.07, 6.45) is 3.45. The molecule has 9 heteroatoms. The zero-order valence-corrected chi connectivity index (χ0v) is 13.0. The molecule has 112 valence electrons. The van der Waals surface area contributed by atoms with E-state index in [1.165, 1.54) is 6.20 Å². The Hall–Kier alpha value is -1.12. The highest BCUT2D eigenvalue weighted by Gasteiger charge is 2.31. The number of hydrogen-bond donors (Lipinski definition) is 3. The number of nitrogens with zero attached hydrogens (tertiary/aromatic N) is 1. The Labute approximate surface area is 129 Å². The van der Waals surface area contributed by atoms with Crippen LogP contribution in [0.1, 0.15) is 12.8 Å². The average molecular weight is 368 g/mol. The van der Waals surface area contributed by atoms with Crippen LogP contribution in [0.25, 0.3) is 0 Å². The van der Waals surface area contributed by atoms with Crippen LogP contribution in [0.15, 0.2) is 20.3 Å². The number of aromatic nitrogens is 2. The Kier molecular flexibility index (Phi) is 5.97. The molecule has 1 amide bonds. The first-order valence-corrected chi connectivity index (χ1v) is 6.79. The summed E-state index contributed by atoms with van der Waals surface area (Å²) < 4.78 is 1.35. The van der Waals surface area contributed by atoms with E-state index in [0.29, 0.717) is 12.5 Å². The van der Waals surface area contributed by atoms with Gasteiger partial charge in [-0.2, -0.15) is 0 Å². The number of carbonyl (C=O) groups is 1. The predicted octanol–water partition coefficient (Wildman–Crippen LogP) is -0.426. The van der Waals surface area contributed by atoms with E-state index >= 15 is 0 Å². The van der Waals surface area contributed by atoms with Crippen LogP contribution in [-0.4, -0.2) is 28.0 Å². The van der Waals surface area contributed by atoms with E-state index in [2.05, 4.69) is 26.2 Å². The molecule has 7 nitrogen and oxygen atoms in total. The van der Waals surface area contributed by atoms with Crippen molar-refractivity contribution in [2.45, 2.75) is 25.4 Å². The van der Waals surface area contributed by atoms with Gasteiger partial charge in [-0.25, -0.2) is 4.79 Å². The van der Waals surface area contributed by atoms with Crippen LogP contribution in [0.3, 0.4) is 0 Å². The quantitative estimate of drug-likeness (QED) is 0.656. The fourth-order valence-electron chi connectivity index (χ4n) is 1.88. The maximum absolute atomic E-state index is 11.8. The van der Waals surface area contributed by atoms with Crippen LogP contribution in [0.4, 0.5) is 0 Å². The molecule has 1 unspecified atom stereocenters. The number of carbonyl (C=O) groups excluding carboxylic acids is 1. The highest BCUT2D eigenvalue weighted by atomic mass is 79.9. The van der Waals surface area contributed by atoms with Gasteiger partial charge in [0.05, 0.1) is 4.47 Å². The number of aromatic amines is 1. The maximum atomic E-state index is 11.8. The minimum atomic E-state index is -0.612. The smallest absolute Gasteiger partial charge is 0.328 e. The second-order valence-corrected chi connectivity index (χ2v) is 5.47. The predicted molar refractivity (Wildman–Crippen MR) is 80.0 cm³/mol. The maximum Gasteiger partial charge on any atom is 0.328 e. The standard InChI is InChI=1S/C11H15BrN4O3.ClH/c12-7-4-16(11(19)15-10(7)18)5-9(17)14-8(3-13)6-1-2-6;/h4,6,8H,1-3,5,13H2,(H,14,17)(H,15,18,19);1H. The third-order valence-electron chi connectivity index (χ3n) is 3.07. The molecule has 4 N–H and O–H groups in total. The van der Waals surface area contributed by atoms with Crippen molar-refractivity contribution in [3.8, 4) is 0 Å². The van der Waals surface area contributed by atoms with Crippen molar-refractivity contribution < 1.29 is 4.79 Å². The fraction of sp³-hybridized carbons (Fsp3) is 0.545. The zero-order valence-electron chi connectivity index (χ0n) is 10.6. The normalized spacial score (nSPS) is 15.3. The summed E-state index contributed by atoms with van der Waals surface area (Å²) in [6.45, 7) is 0.248. The van der Waals surface area contributed by atoms with E-state index in [0.717, 1.165) is 17.4 Å². The first-order chi connectivity index (χ1) is 9.01. The molecule has 1 aromatic rings. The summed E-state index contributed by atoms with van der Waals surface area (Å²) in [4.78, 5) is 36.6. The van der Waals surface area contributed by atoms with Gasteiger partial charge in [0.1, 0.15) is 6.54 Å². The zero-order chi connectivity index (χ0) is 14.0. The molecule has 0 spiro atoms. The summed E-state index contributed by atoms with van der Waals surface area (Å²) in [7, 11) is 0. The Balaban J connectivity index is 0.00000200. The molecule has 0 aliphatic heterocycles. The van der Waals surface area contributed by atoms with Crippen LogP contribution in [0.5, 0.6) is 0 Å². The van der Waals surface area contributed by atoms with Gasteiger partial charge in [-0.1, -0.05) is 0 Å². The van der Waals surface area contributed by atoms with Gasteiger partial charge >= 0.3 is 5.69 Å². The van der Waals surface area contributed by atoms with Gasteiger partial charge in [-0.3, -0.25) is 19.1 Å². The van der Waals surface area contributed by atoms with Crippen LogP contribution in [0.2, 0.25) is 0 Å². The summed E-state index contributed by atoms with van der Waals surface area (Å²) in [5.41, 5.74) is 4.46. The van der Waals surface area contributed by atoms with Gasteiger partial charge in [-0.05, 0) is 34.7 Å². The van der Waals surface area contributed by atoms with Crippen LogP contribution >= 0.6 is 28.3 Å². The van der Waals surface area contributed by atoms with E-state index in [9.17, 15) is 14.4 Å². The number of nitrogens with one attached hydrogen (secondary N) is 2. The first kappa shape index (κ1) is 16.9. The molecule has 1 aliphatic carbocycles.